The number of carbonyl (C=O) groups is 3. The molecule has 0 aliphatic carbocycles. The average Bonchev–Trinajstić information content (AvgIpc) is 2.46. The van der Waals surface area contributed by atoms with E-state index < -0.39 is 24.0 Å². The van der Waals surface area contributed by atoms with Gasteiger partial charge in [0.05, 0.1) is 7.11 Å². The summed E-state index contributed by atoms with van der Waals surface area (Å²) < 4.78 is 15.0. The number of esters is 3. The van der Waals surface area contributed by atoms with Crippen LogP contribution in [0.15, 0.2) is 40.9 Å². The van der Waals surface area contributed by atoms with Crippen LogP contribution in [-0.4, -0.2) is 31.1 Å². The van der Waals surface area contributed by atoms with Crippen molar-refractivity contribution >= 4 is 33.8 Å². The Morgan fingerprint density at radius 2 is 1.67 bits per heavy atom. The van der Waals surface area contributed by atoms with Gasteiger partial charge in [-0.1, -0.05) is 15.9 Å². The molecule has 21 heavy (non-hydrogen) atoms. The highest BCUT2D eigenvalue weighted by atomic mass is 79.9. The van der Waals surface area contributed by atoms with Crippen LogP contribution in [0.2, 0.25) is 0 Å². The number of carbonyl (C=O) groups excluding carboxylic acids is 3. The van der Waals surface area contributed by atoms with Gasteiger partial charge in [-0.3, -0.25) is 0 Å². The lowest BCUT2D eigenvalue weighted by Gasteiger charge is -2.11. The fourth-order valence-corrected chi connectivity index (χ4v) is 1.43. The summed E-state index contributed by atoms with van der Waals surface area (Å²) in [5.41, 5.74) is 0. The van der Waals surface area contributed by atoms with Crippen molar-refractivity contribution in [2.75, 3.05) is 7.11 Å². The van der Waals surface area contributed by atoms with Crippen molar-refractivity contribution in [1.29, 1.82) is 0 Å². The van der Waals surface area contributed by atoms with Gasteiger partial charge in [0.25, 0.3) is 0 Å². The van der Waals surface area contributed by atoms with Gasteiger partial charge in [0.15, 0.2) is 6.10 Å². The number of benzene rings is 1. The predicted octanol–water partition coefficient (Wildman–Crippen LogP) is 2.02. The van der Waals surface area contributed by atoms with Crippen LogP contribution in [0, 0.1) is 0 Å². The normalized spacial score (nSPS) is 11.8. The Kier molecular flexibility index (Phi) is 6.61. The van der Waals surface area contributed by atoms with Gasteiger partial charge in [-0.15, -0.1) is 0 Å². The smallest absolute Gasteiger partial charge is 0.352 e. The number of hydrogen-bond acceptors (Lipinski definition) is 6. The first-order valence-corrected chi connectivity index (χ1v) is 6.65. The predicted molar refractivity (Wildman–Crippen MR) is 76.5 cm³/mol. The number of halogens is 1. The summed E-state index contributed by atoms with van der Waals surface area (Å²) in [5, 5.41) is 0. The van der Waals surface area contributed by atoms with Crippen LogP contribution < -0.4 is 4.74 Å². The van der Waals surface area contributed by atoms with E-state index in [1.807, 2.05) is 0 Å². The van der Waals surface area contributed by atoms with E-state index in [-0.39, 0.29) is 0 Å². The van der Waals surface area contributed by atoms with Gasteiger partial charge in [0, 0.05) is 16.6 Å². The van der Waals surface area contributed by atoms with E-state index >= 15 is 0 Å². The van der Waals surface area contributed by atoms with Crippen LogP contribution >= 0.6 is 15.9 Å². The number of rotatable bonds is 5. The molecule has 0 aliphatic heterocycles. The zero-order valence-electron chi connectivity index (χ0n) is 11.4. The molecule has 0 heterocycles. The summed E-state index contributed by atoms with van der Waals surface area (Å²) in [5.74, 6) is -1.94. The van der Waals surface area contributed by atoms with E-state index in [2.05, 4.69) is 20.7 Å². The van der Waals surface area contributed by atoms with Gasteiger partial charge in [0.1, 0.15) is 5.75 Å². The van der Waals surface area contributed by atoms with Gasteiger partial charge in [0.2, 0.25) is 0 Å². The Morgan fingerprint density at radius 1 is 1.10 bits per heavy atom. The quantitative estimate of drug-likeness (QED) is 0.456. The molecule has 1 aromatic carbocycles. The van der Waals surface area contributed by atoms with Crippen LogP contribution in [-0.2, 0) is 23.9 Å². The SMILES string of the molecule is COC(=O)C=CC(=O)OC(C)C(=O)Oc1ccc(Br)cc1. The first-order valence-electron chi connectivity index (χ1n) is 5.86. The summed E-state index contributed by atoms with van der Waals surface area (Å²) in [6.07, 6.45) is 0.660. The zero-order valence-corrected chi connectivity index (χ0v) is 13.0. The maximum atomic E-state index is 11.7. The van der Waals surface area contributed by atoms with Crippen LogP contribution in [0.3, 0.4) is 0 Å². The second-order valence-electron chi connectivity index (χ2n) is 3.81. The molecule has 0 bridgehead atoms. The maximum absolute atomic E-state index is 11.7. The molecule has 1 aromatic rings. The minimum Gasteiger partial charge on any atom is -0.466 e. The van der Waals surface area contributed by atoms with Crippen molar-refractivity contribution in [3.05, 3.63) is 40.9 Å². The third-order valence-corrected chi connectivity index (χ3v) is 2.74. The van der Waals surface area contributed by atoms with Gasteiger partial charge >= 0.3 is 17.9 Å². The largest absolute Gasteiger partial charge is 0.466 e. The van der Waals surface area contributed by atoms with Crippen LogP contribution in [0.4, 0.5) is 0 Å². The topological polar surface area (TPSA) is 78.9 Å². The Labute approximate surface area is 129 Å². The number of methoxy groups -OCH3 is 1. The molecule has 0 fully saturated rings. The number of hydrogen-bond donors (Lipinski definition) is 0. The lowest BCUT2D eigenvalue weighted by molar-refractivity contribution is -0.157. The van der Waals surface area contributed by atoms with Crippen LogP contribution in [0.5, 0.6) is 5.75 Å². The first kappa shape index (κ1) is 16.9. The molecule has 0 radical (unpaired) electrons. The molecule has 0 saturated heterocycles. The van der Waals surface area contributed by atoms with Crippen molar-refractivity contribution in [2.24, 2.45) is 0 Å². The second-order valence-corrected chi connectivity index (χ2v) is 4.73. The third-order valence-electron chi connectivity index (χ3n) is 2.21. The van der Waals surface area contributed by atoms with Crippen molar-refractivity contribution in [3.8, 4) is 5.75 Å². The molecule has 1 rings (SSSR count). The van der Waals surface area contributed by atoms with E-state index in [1.165, 1.54) is 14.0 Å². The highest BCUT2D eigenvalue weighted by molar-refractivity contribution is 9.10. The first-order chi connectivity index (χ1) is 9.92. The molecule has 6 nitrogen and oxygen atoms in total. The van der Waals surface area contributed by atoms with Crippen molar-refractivity contribution < 1.29 is 28.6 Å². The summed E-state index contributed by atoms with van der Waals surface area (Å²) >= 11 is 3.25. The van der Waals surface area contributed by atoms with E-state index in [4.69, 9.17) is 9.47 Å². The monoisotopic (exact) mass is 356 g/mol. The van der Waals surface area contributed by atoms with Crippen molar-refractivity contribution in [1.82, 2.24) is 0 Å². The van der Waals surface area contributed by atoms with E-state index in [0.29, 0.717) is 5.75 Å². The molecule has 0 amide bonds. The zero-order chi connectivity index (χ0) is 15.8. The standard InChI is InChI=1S/C14H13BrO6/c1-9(20-13(17)8-7-12(16)19-2)14(18)21-11-5-3-10(15)4-6-11/h3-9H,1-2H3. The van der Waals surface area contributed by atoms with Gasteiger partial charge in [-0.25, -0.2) is 14.4 Å². The highest BCUT2D eigenvalue weighted by Crippen LogP contribution is 2.16. The molecule has 1 unspecified atom stereocenters. The molecule has 0 spiro atoms. The Morgan fingerprint density at radius 3 is 2.24 bits per heavy atom. The minimum atomic E-state index is -1.11. The van der Waals surface area contributed by atoms with Gasteiger partial charge in [-0.2, -0.15) is 0 Å². The molecule has 0 aliphatic rings. The summed E-state index contributed by atoms with van der Waals surface area (Å²) in [6, 6.07) is 6.60. The van der Waals surface area contributed by atoms with Crippen LogP contribution in [0.1, 0.15) is 6.92 Å². The molecule has 7 heteroatoms. The lowest BCUT2D eigenvalue weighted by Crippen LogP contribution is -2.27. The van der Waals surface area contributed by atoms with Crippen molar-refractivity contribution in [2.45, 2.75) is 13.0 Å². The fourth-order valence-electron chi connectivity index (χ4n) is 1.17. The van der Waals surface area contributed by atoms with Crippen molar-refractivity contribution in [3.63, 3.8) is 0 Å². The van der Waals surface area contributed by atoms with Gasteiger partial charge < -0.3 is 14.2 Å². The summed E-state index contributed by atoms with van der Waals surface area (Å²) in [4.78, 5) is 33.8. The maximum Gasteiger partial charge on any atom is 0.352 e. The van der Waals surface area contributed by atoms with E-state index in [9.17, 15) is 14.4 Å². The molecule has 0 aromatic heterocycles. The van der Waals surface area contributed by atoms with Gasteiger partial charge in [-0.05, 0) is 31.2 Å². The van der Waals surface area contributed by atoms with Crippen LogP contribution in [0.25, 0.3) is 0 Å². The summed E-state index contributed by atoms with van der Waals surface area (Å²) in [6.45, 7) is 1.37. The molecular weight excluding hydrogens is 344 g/mol. The Balaban J connectivity index is 2.51. The Hall–Kier alpha value is -2.15. The third kappa shape index (κ3) is 6.22. The molecule has 0 saturated carbocycles. The van der Waals surface area contributed by atoms with E-state index in [1.54, 1.807) is 24.3 Å². The molecule has 0 N–H and O–H groups in total. The molecule has 1 atom stereocenters. The second kappa shape index (κ2) is 8.21. The lowest BCUT2D eigenvalue weighted by atomic mass is 10.3. The molecule has 112 valence electrons. The summed E-state index contributed by atoms with van der Waals surface area (Å²) in [7, 11) is 1.18. The Bertz CT molecular complexity index is 549. The molecular formula is C14H13BrO6. The average molecular weight is 357 g/mol. The minimum absolute atomic E-state index is 0.330. The number of ether oxygens (including phenoxy) is 3. The highest BCUT2D eigenvalue weighted by Gasteiger charge is 2.19. The van der Waals surface area contributed by atoms with E-state index in [0.717, 1.165) is 16.6 Å². The fraction of sp³-hybridized carbons (Fsp3) is 0.214.